The monoisotopic (exact) mass is 701 g/mol. The first kappa shape index (κ1) is 30.1. The van der Waals surface area contributed by atoms with Crippen molar-refractivity contribution in [1.29, 1.82) is 0 Å². The fourth-order valence-electron chi connectivity index (χ4n) is 9.02. The van der Waals surface area contributed by atoms with Gasteiger partial charge in [0.1, 0.15) is 22.5 Å². The number of benzene rings is 9. The molecule has 0 unspecified atom stereocenters. The second-order valence-electron chi connectivity index (χ2n) is 14.4. The summed E-state index contributed by atoms with van der Waals surface area (Å²) in [5, 5.41) is 10.4. The first-order chi connectivity index (χ1) is 27.3. The van der Waals surface area contributed by atoms with Crippen LogP contribution < -0.4 is 0 Å². The van der Waals surface area contributed by atoms with Gasteiger partial charge in [0.2, 0.25) is 0 Å². The highest BCUT2D eigenvalue weighted by Crippen LogP contribution is 2.49. The Hall–Kier alpha value is -7.36. The lowest BCUT2D eigenvalue weighted by atomic mass is 9.85. The van der Waals surface area contributed by atoms with Gasteiger partial charge in [0.05, 0.1) is 16.4 Å². The van der Waals surface area contributed by atoms with E-state index < -0.39 is 0 Å². The van der Waals surface area contributed by atoms with Crippen LogP contribution in [-0.2, 0) is 0 Å². The highest BCUT2D eigenvalue weighted by molar-refractivity contribution is 6.27. The van der Waals surface area contributed by atoms with Crippen LogP contribution in [0.5, 0.6) is 0 Å². The molecule has 55 heavy (non-hydrogen) atoms. The van der Waals surface area contributed by atoms with E-state index in [2.05, 4.69) is 174 Å². The molecule has 0 bridgehead atoms. The number of aromatic nitrogens is 1. The predicted molar refractivity (Wildman–Crippen MR) is 229 cm³/mol. The number of furan rings is 2. The van der Waals surface area contributed by atoms with Crippen molar-refractivity contribution >= 4 is 76.3 Å². The summed E-state index contributed by atoms with van der Waals surface area (Å²) >= 11 is 0. The van der Waals surface area contributed by atoms with Gasteiger partial charge in [-0.3, -0.25) is 0 Å². The van der Waals surface area contributed by atoms with Crippen molar-refractivity contribution < 1.29 is 8.83 Å². The molecule has 0 radical (unpaired) electrons. The van der Waals surface area contributed by atoms with Crippen molar-refractivity contribution in [2.24, 2.45) is 0 Å². The Kier molecular flexibility index (Phi) is 6.34. The number of hydrogen-bond donors (Lipinski definition) is 0. The zero-order chi connectivity index (χ0) is 36.0. The Morgan fingerprint density at radius 1 is 0.327 bits per heavy atom. The van der Waals surface area contributed by atoms with Crippen molar-refractivity contribution in [1.82, 2.24) is 4.57 Å². The van der Waals surface area contributed by atoms with Gasteiger partial charge in [0.25, 0.3) is 0 Å². The Morgan fingerprint density at radius 2 is 0.909 bits per heavy atom. The van der Waals surface area contributed by atoms with E-state index >= 15 is 0 Å². The number of para-hydroxylation sites is 3. The number of fused-ring (bicyclic) bond motifs is 10. The third-order valence-electron chi connectivity index (χ3n) is 11.4. The van der Waals surface area contributed by atoms with Crippen molar-refractivity contribution in [3.05, 3.63) is 188 Å². The molecular formula is C52H31NO2. The van der Waals surface area contributed by atoms with E-state index in [1.54, 1.807) is 0 Å². The molecule has 0 atom stereocenters. The van der Waals surface area contributed by atoms with Crippen LogP contribution in [0.4, 0.5) is 0 Å². The van der Waals surface area contributed by atoms with Gasteiger partial charge in [-0.2, -0.15) is 0 Å². The number of hydrogen-bond acceptors (Lipinski definition) is 2. The summed E-state index contributed by atoms with van der Waals surface area (Å²) in [5.41, 5.74) is 11.7. The number of nitrogens with zero attached hydrogens (tertiary/aromatic N) is 1. The zero-order valence-electron chi connectivity index (χ0n) is 29.7. The zero-order valence-corrected chi connectivity index (χ0v) is 29.7. The van der Waals surface area contributed by atoms with E-state index in [0.717, 1.165) is 61.0 Å². The fourth-order valence-corrected chi connectivity index (χ4v) is 9.02. The van der Waals surface area contributed by atoms with Gasteiger partial charge in [0, 0.05) is 43.9 Å². The third-order valence-corrected chi connectivity index (χ3v) is 11.4. The Labute approximate surface area is 315 Å². The molecule has 12 aromatic rings. The molecule has 12 rings (SSSR count). The molecule has 9 aromatic carbocycles. The Balaban J connectivity index is 1.19. The summed E-state index contributed by atoms with van der Waals surface area (Å²) in [6, 6.07) is 67.2. The summed E-state index contributed by atoms with van der Waals surface area (Å²) in [6.45, 7) is 0. The van der Waals surface area contributed by atoms with Crippen LogP contribution >= 0.6 is 0 Å². The minimum absolute atomic E-state index is 0.817. The fraction of sp³-hybridized carbons (Fsp3) is 0. The molecule has 0 N–H and O–H groups in total. The maximum atomic E-state index is 6.93. The Morgan fingerprint density at radius 3 is 1.64 bits per heavy atom. The molecule has 0 saturated heterocycles. The summed E-state index contributed by atoms with van der Waals surface area (Å²) in [6.07, 6.45) is 0. The summed E-state index contributed by atoms with van der Waals surface area (Å²) in [4.78, 5) is 0. The van der Waals surface area contributed by atoms with Crippen molar-refractivity contribution in [3.8, 4) is 39.3 Å². The van der Waals surface area contributed by atoms with Crippen LogP contribution in [0.15, 0.2) is 197 Å². The van der Waals surface area contributed by atoms with Crippen molar-refractivity contribution in [2.45, 2.75) is 0 Å². The standard InChI is InChI=1S/C52H31NO2/c1-3-15-32(16-4-1)48-31-44-51-42(37-20-12-14-26-47(37)54-51)30-43(52(44)55-48)50-40-23-9-7-21-38(40)49(39-22-8-10-24-41(39)50)33-27-28-36-35-19-11-13-25-45(35)53(46(36)29-33)34-17-5-2-6-18-34/h1-31H. The second kappa shape index (κ2) is 11.6. The highest BCUT2D eigenvalue weighted by atomic mass is 16.3. The van der Waals surface area contributed by atoms with E-state index in [0.29, 0.717) is 0 Å². The van der Waals surface area contributed by atoms with E-state index in [4.69, 9.17) is 8.83 Å². The molecule has 0 aliphatic rings. The van der Waals surface area contributed by atoms with Crippen LogP contribution in [0.3, 0.4) is 0 Å². The maximum Gasteiger partial charge on any atom is 0.146 e. The summed E-state index contributed by atoms with van der Waals surface area (Å²) in [5.74, 6) is 0.817. The summed E-state index contributed by atoms with van der Waals surface area (Å²) in [7, 11) is 0. The molecule has 0 fully saturated rings. The van der Waals surface area contributed by atoms with Gasteiger partial charge in [-0.05, 0) is 75.1 Å². The number of rotatable bonds is 4. The van der Waals surface area contributed by atoms with Crippen molar-refractivity contribution in [3.63, 3.8) is 0 Å². The lowest BCUT2D eigenvalue weighted by Crippen LogP contribution is -1.94. The van der Waals surface area contributed by atoms with E-state index in [1.165, 1.54) is 54.5 Å². The quantitative estimate of drug-likeness (QED) is 0.171. The largest absolute Gasteiger partial charge is 0.455 e. The molecule has 0 aliphatic carbocycles. The predicted octanol–water partition coefficient (Wildman–Crippen LogP) is 14.7. The minimum Gasteiger partial charge on any atom is -0.455 e. The van der Waals surface area contributed by atoms with Crippen LogP contribution in [0.1, 0.15) is 0 Å². The lowest BCUT2D eigenvalue weighted by Gasteiger charge is -2.18. The normalized spacial score (nSPS) is 12.0. The molecule has 0 saturated carbocycles. The SMILES string of the molecule is c1ccc(-c2cc3c(o2)c(-c2c4ccccc4c(-c4ccc5c6ccccc6n(-c6ccccc6)c5c4)c4ccccc24)cc2c4ccccc4oc32)cc1. The highest BCUT2D eigenvalue weighted by Gasteiger charge is 2.24. The first-order valence-electron chi connectivity index (χ1n) is 18.8. The average Bonchev–Trinajstić information content (AvgIpc) is 3.95. The van der Waals surface area contributed by atoms with Gasteiger partial charge < -0.3 is 13.4 Å². The maximum absolute atomic E-state index is 6.93. The smallest absolute Gasteiger partial charge is 0.146 e. The molecule has 256 valence electrons. The van der Waals surface area contributed by atoms with Gasteiger partial charge in [-0.15, -0.1) is 0 Å². The molecule has 3 heteroatoms. The molecule has 3 heterocycles. The van der Waals surface area contributed by atoms with Gasteiger partial charge in [0.15, 0.2) is 0 Å². The Bertz CT molecular complexity index is 3420. The molecule has 3 aromatic heterocycles. The van der Waals surface area contributed by atoms with Gasteiger partial charge in [-0.25, -0.2) is 0 Å². The van der Waals surface area contributed by atoms with Gasteiger partial charge >= 0.3 is 0 Å². The van der Waals surface area contributed by atoms with E-state index in [1.807, 2.05) is 18.2 Å². The van der Waals surface area contributed by atoms with Crippen LogP contribution in [-0.4, -0.2) is 4.57 Å². The molecule has 0 spiro atoms. The molecular weight excluding hydrogens is 671 g/mol. The summed E-state index contributed by atoms with van der Waals surface area (Å²) < 4.78 is 15.9. The average molecular weight is 702 g/mol. The van der Waals surface area contributed by atoms with E-state index in [9.17, 15) is 0 Å². The topological polar surface area (TPSA) is 31.2 Å². The lowest BCUT2D eigenvalue weighted by molar-refractivity contribution is 0.632. The minimum atomic E-state index is 0.817. The van der Waals surface area contributed by atoms with Gasteiger partial charge in [-0.1, -0.05) is 146 Å². The van der Waals surface area contributed by atoms with Crippen LogP contribution in [0.25, 0.3) is 116 Å². The third kappa shape index (κ3) is 4.38. The molecule has 0 amide bonds. The van der Waals surface area contributed by atoms with Crippen LogP contribution in [0.2, 0.25) is 0 Å². The second-order valence-corrected chi connectivity index (χ2v) is 14.4. The molecule has 0 aliphatic heterocycles. The van der Waals surface area contributed by atoms with E-state index in [-0.39, 0.29) is 0 Å². The first-order valence-corrected chi connectivity index (χ1v) is 18.8. The van der Waals surface area contributed by atoms with Crippen molar-refractivity contribution in [2.75, 3.05) is 0 Å². The molecule has 3 nitrogen and oxygen atoms in total. The van der Waals surface area contributed by atoms with Crippen LogP contribution in [0, 0.1) is 0 Å².